The third-order valence-corrected chi connectivity index (χ3v) is 7.54. The van der Waals surface area contributed by atoms with Crippen LogP contribution < -0.4 is 5.32 Å². The molecule has 8 heteroatoms. The summed E-state index contributed by atoms with van der Waals surface area (Å²) >= 11 is 1.69. The van der Waals surface area contributed by atoms with Crippen LogP contribution in [0.3, 0.4) is 0 Å². The molecule has 2 aromatic rings. The monoisotopic (exact) mass is 457 g/mol. The minimum absolute atomic E-state index is 0.0611. The Kier molecular flexibility index (Phi) is 8.10. The maximum absolute atomic E-state index is 13.2. The van der Waals surface area contributed by atoms with E-state index in [1.165, 1.54) is 4.88 Å². The summed E-state index contributed by atoms with van der Waals surface area (Å²) in [6.07, 6.45) is 9.12. The van der Waals surface area contributed by atoms with Crippen LogP contribution in [0.2, 0.25) is 0 Å². The summed E-state index contributed by atoms with van der Waals surface area (Å²) < 4.78 is 0. The van der Waals surface area contributed by atoms with Crippen molar-refractivity contribution in [1.82, 2.24) is 19.8 Å². The number of thiazole rings is 1. The van der Waals surface area contributed by atoms with E-state index in [0.717, 1.165) is 81.2 Å². The number of rotatable bonds is 8. The van der Waals surface area contributed by atoms with Crippen molar-refractivity contribution in [3.05, 3.63) is 35.0 Å². The molecule has 2 aliphatic rings. The van der Waals surface area contributed by atoms with Crippen molar-refractivity contribution in [1.29, 1.82) is 0 Å². The molecule has 2 saturated heterocycles. The zero-order valence-corrected chi connectivity index (χ0v) is 19.8. The van der Waals surface area contributed by atoms with Gasteiger partial charge in [0.1, 0.15) is 5.82 Å². The number of hydrogen-bond acceptors (Lipinski definition) is 7. The standard InChI is InChI=1S/C24H35N5O2S/c1-2-6-19-17-25-24(32-19)27-22-9-5-7-20(26-22)18-10-13-29(14-11-18)23(31)21-8-3-4-12-28(21)15-16-30/h5,7,9,17-18,21,30H,2-4,6,8,10-16H2,1H3,(H,25,26,27)/t21-/m0/s1. The zero-order valence-electron chi connectivity index (χ0n) is 19.0. The lowest BCUT2D eigenvalue weighted by molar-refractivity contribution is -0.139. The first-order valence-electron chi connectivity index (χ1n) is 12.0. The van der Waals surface area contributed by atoms with Gasteiger partial charge in [0.15, 0.2) is 5.13 Å². The van der Waals surface area contributed by atoms with Crippen LogP contribution in [-0.4, -0.2) is 69.6 Å². The predicted molar refractivity (Wildman–Crippen MR) is 128 cm³/mol. The van der Waals surface area contributed by atoms with Crippen molar-refractivity contribution >= 4 is 28.2 Å². The van der Waals surface area contributed by atoms with Crippen molar-refractivity contribution < 1.29 is 9.90 Å². The Morgan fingerprint density at radius 1 is 1.22 bits per heavy atom. The van der Waals surface area contributed by atoms with Gasteiger partial charge in [-0.05, 0) is 50.8 Å². The van der Waals surface area contributed by atoms with E-state index in [9.17, 15) is 9.90 Å². The first-order valence-corrected chi connectivity index (χ1v) is 12.8. The summed E-state index contributed by atoms with van der Waals surface area (Å²) in [4.78, 5) is 28.0. The molecule has 1 amide bonds. The van der Waals surface area contributed by atoms with Crippen molar-refractivity contribution in [2.24, 2.45) is 0 Å². The second-order valence-electron chi connectivity index (χ2n) is 8.83. The third kappa shape index (κ3) is 5.66. The van der Waals surface area contributed by atoms with Gasteiger partial charge in [0, 0.05) is 42.3 Å². The number of anilines is 2. The van der Waals surface area contributed by atoms with Gasteiger partial charge in [-0.25, -0.2) is 9.97 Å². The molecule has 4 rings (SSSR count). The number of nitrogens with one attached hydrogen (secondary N) is 1. The quantitative estimate of drug-likeness (QED) is 0.628. The number of nitrogens with zero attached hydrogens (tertiary/aromatic N) is 4. The SMILES string of the molecule is CCCc1cnc(Nc2cccc(C3CCN(C(=O)[C@@H]4CCCCN4CCO)CC3)n2)s1. The highest BCUT2D eigenvalue weighted by Crippen LogP contribution is 2.30. The maximum atomic E-state index is 13.2. The Labute approximate surface area is 194 Å². The van der Waals surface area contributed by atoms with Crippen molar-refractivity contribution in [2.75, 3.05) is 38.1 Å². The first-order chi connectivity index (χ1) is 15.7. The molecule has 7 nitrogen and oxygen atoms in total. The molecule has 174 valence electrons. The fourth-order valence-electron chi connectivity index (χ4n) is 4.86. The normalized spacial score (nSPS) is 20.4. The van der Waals surface area contributed by atoms with Crippen LogP contribution in [0.25, 0.3) is 0 Å². The lowest BCUT2D eigenvalue weighted by atomic mass is 9.92. The van der Waals surface area contributed by atoms with Gasteiger partial charge in [-0.1, -0.05) is 25.8 Å². The summed E-state index contributed by atoms with van der Waals surface area (Å²) in [5, 5.41) is 13.6. The maximum Gasteiger partial charge on any atom is 0.239 e. The Bertz CT molecular complexity index is 879. The molecule has 4 heterocycles. The number of carbonyl (C=O) groups is 1. The highest BCUT2D eigenvalue weighted by molar-refractivity contribution is 7.15. The number of aliphatic hydroxyl groups excluding tert-OH is 1. The molecule has 32 heavy (non-hydrogen) atoms. The Morgan fingerprint density at radius 3 is 2.84 bits per heavy atom. The molecule has 2 aliphatic heterocycles. The lowest BCUT2D eigenvalue weighted by Crippen LogP contribution is -2.53. The number of aliphatic hydroxyl groups is 1. The van der Waals surface area contributed by atoms with Gasteiger partial charge < -0.3 is 15.3 Å². The van der Waals surface area contributed by atoms with Crippen LogP contribution in [0, 0.1) is 0 Å². The number of hydrogen-bond donors (Lipinski definition) is 2. The Balaban J connectivity index is 1.33. The second kappa shape index (κ2) is 11.2. The molecule has 2 aromatic heterocycles. The largest absolute Gasteiger partial charge is 0.395 e. The predicted octanol–water partition coefficient (Wildman–Crippen LogP) is 3.79. The van der Waals surface area contributed by atoms with E-state index in [2.05, 4.69) is 34.3 Å². The molecule has 0 aliphatic carbocycles. The summed E-state index contributed by atoms with van der Waals surface area (Å²) in [5.74, 6) is 1.44. The molecule has 0 aromatic carbocycles. The smallest absolute Gasteiger partial charge is 0.239 e. The fourth-order valence-corrected chi connectivity index (χ4v) is 5.78. The average molecular weight is 458 g/mol. The number of likely N-dealkylation sites (tertiary alicyclic amines) is 2. The summed E-state index contributed by atoms with van der Waals surface area (Å²) in [5.41, 5.74) is 1.09. The number of aryl methyl sites for hydroxylation is 1. The minimum atomic E-state index is -0.0611. The summed E-state index contributed by atoms with van der Waals surface area (Å²) in [6, 6.07) is 6.08. The van der Waals surface area contributed by atoms with E-state index in [-0.39, 0.29) is 18.6 Å². The number of β-amino-alcohol motifs (C(OH)–C–C–N with tert-alkyl or cyclic N) is 1. The van der Waals surface area contributed by atoms with E-state index in [0.29, 0.717) is 12.5 Å². The zero-order chi connectivity index (χ0) is 22.3. The van der Waals surface area contributed by atoms with Crippen molar-refractivity contribution in [2.45, 2.75) is 63.8 Å². The van der Waals surface area contributed by atoms with Crippen LogP contribution in [0.4, 0.5) is 10.9 Å². The van der Waals surface area contributed by atoms with Crippen LogP contribution in [-0.2, 0) is 11.2 Å². The number of aromatic nitrogens is 2. The number of amides is 1. The number of piperidine rings is 2. The van der Waals surface area contributed by atoms with Gasteiger partial charge in [-0.3, -0.25) is 9.69 Å². The molecule has 1 atom stereocenters. The van der Waals surface area contributed by atoms with E-state index >= 15 is 0 Å². The number of carbonyl (C=O) groups excluding carboxylic acids is 1. The van der Waals surface area contributed by atoms with Crippen LogP contribution in [0.1, 0.15) is 61.9 Å². The van der Waals surface area contributed by atoms with Crippen LogP contribution >= 0.6 is 11.3 Å². The Hall–Kier alpha value is -2.03. The first kappa shape index (κ1) is 23.1. The van der Waals surface area contributed by atoms with Crippen LogP contribution in [0.15, 0.2) is 24.4 Å². The molecular formula is C24H35N5O2S. The highest BCUT2D eigenvalue weighted by atomic mass is 32.1. The molecule has 2 N–H and O–H groups in total. The molecule has 2 fully saturated rings. The molecule has 0 spiro atoms. The lowest BCUT2D eigenvalue weighted by Gasteiger charge is -2.39. The van der Waals surface area contributed by atoms with Gasteiger partial charge >= 0.3 is 0 Å². The summed E-state index contributed by atoms with van der Waals surface area (Å²) in [7, 11) is 0. The van der Waals surface area contributed by atoms with E-state index in [4.69, 9.17) is 4.98 Å². The van der Waals surface area contributed by atoms with Gasteiger partial charge in [-0.15, -0.1) is 11.3 Å². The molecule has 0 unspecified atom stereocenters. The highest BCUT2D eigenvalue weighted by Gasteiger charge is 2.33. The second-order valence-corrected chi connectivity index (χ2v) is 9.94. The minimum Gasteiger partial charge on any atom is -0.395 e. The van der Waals surface area contributed by atoms with Gasteiger partial charge in [0.2, 0.25) is 5.91 Å². The topological polar surface area (TPSA) is 81.6 Å². The molecular weight excluding hydrogens is 422 g/mol. The van der Waals surface area contributed by atoms with E-state index in [1.54, 1.807) is 11.3 Å². The van der Waals surface area contributed by atoms with E-state index in [1.807, 2.05) is 17.2 Å². The summed E-state index contributed by atoms with van der Waals surface area (Å²) in [6.45, 7) is 5.35. The average Bonchev–Trinajstić information content (AvgIpc) is 3.26. The van der Waals surface area contributed by atoms with Crippen molar-refractivity contribution in [3.8, 4) is 0 Å². The third-order valence-electron chi connectivity index (χ3n) is 6.57. The fraction of sp³-hybridized carbons (Fsp3) is 0.625. The Morgan fingerprint density at radius 2 is 2.06 bits per heavy atom. The van der Waals surface area contributed by atoms with Gasteiger partial charge in [-0.2, -0.15) is 0 Å². The number of pyridine rings is 1. The van der Waals surface area contributed by atoms with E-state index < -0.39 is 0 Å². The van der Waals surface area contributed by atoms with Crippen molar-refractivity contribution in [3.63, 3.8) is 0 Å². The van der Waals surface area contributed by atoms with Crippen LogP contribution in [0.5, 0.6) is 0 Å². The molecule has 0 saturated carbocycles. The molecule has 0 radical (unpaired) electrons. The van der Waals surface area contributed by atoms with Gasteiger partial charge in [0.05, 0.1) is 12.6 Å². The van der Waals surface area contributed by atoms with Gasteiger partial charge in [0.25, 0.3) is 0 Å². The molecule has 0 bridgehead atoms.